The normalized spacial score (nSPS) is 15.2. The van der Waals surface area contributed by atoms with Gasteiger partial charge in [-0.1, -0.05) is 17.8 Å². The Kier molecular flexibility index (Phi) is 6.30. The van der Waals surface area contributed by atoms with Crippen molar-refractivity contribution in [3.8, 4) is 11.5 Å². The van der Waals surface area contributed by atoms with Gasteiger partial charge in [0.1, 0.15) is 11.5 Å². The number of amides is 2. The van der Waals surface area contributed by atoms with E-state index in [4.69, 9.17) is 4.74 Å². The number of nitrogens with zero attached hydrogens (tertiary/aromatic N) is 1. The van der Waals surface area contributed by atoms with E-state index in [1.807, 2.05) is 13.0 Å². The summed E-state index contributed by atoms with van der Waals surface area (Å²) in [5.74, 6) is 1.57. The van der Waals surface area contributed by atoms with Crippen LogP contribution >= 0.6 is 11.8 Å². The van der Waals surface area contributed by atoms with E-state index in [-0.39, 0.29) is 16.8 Å². The zero-order valence-corrected chi connectivity index (χ0v) is 16.2. The van der Waals surface area contributed by atoms with Crippen LogP contribution in [0.5, 0.6) is 11.5 Å². The van der Waals surface area contributed by atoms with Crippen LogP contribution in [0.3, 0.4) is 0 Å². The van der Waals surface area contributed by atoms with E-state index >= 15 is 0 Å². The first-order valence-electron chi connectivity index (χ1n) is 8.93. The molecule has 1 N–H and O–H groups in total. The SMILES string of the molecule is Cc1cc([N+](=O)[O-])ccc1Oc1ccc2c(c1)CCCC2.O=C1CSC(=O)N1. The molecule has 2 aliphatic rings. The van der Waals surface area contributed by atoms with Crippen LogP contribution in [-0.2, 0) is 17.6 Å². The van der Waals surface area contributed by atoms with E-state index in [9.17, 15) is 19.7 Å². The summed E-state index contributed by atoms with van der Waals surface area (Å²) in [7, 11) is 0. The van der Waals surface area contributed by atoms with Gasteiger partial charge in [-0.2, -0.15) is 0 Å². The summed E-state index contributed by atoms with van der Waals surface area (Å²) in [6.45, 7) is 1.82. The summed E-state index contributed by atoms with van der Waals surface area (Å²) < 4.78 is 5.89. The van der Waals surface area contributed by atoms with Crippen LogP contribution in [0, 0.1) is 17.0 Å². The standard InChI is InChI=1S/C17H17NO3.C3H3NO2S/c1-12-10-15(18(19)20)7-9-17(12)21-16-8-6-13-4-2-3-5-14(13)11-16;5-2-1-7-3(6)4-2/h6-11H,2-5H2,1H3;1H2,(H,4,5,6). The topological polar surface area (TPSA) is 98.5 Å². The predicted octanol–water partition coefficient (Wildman–Crippen LogP) is 4.54. The Morgan fingerprint density at radius 3 is 2.39 bits per heavy atom. The number of carbonyl (C=O) groups is 2. The number of carbonyl (C=O) groups excluding carboxylic acids is 2. The number of rotatable bonds is 3. The molecule has 2 amide bonds. The first-order chi connectivity index (χ1) is 13.4. The molecule has 0 unspecified atom stereocenters. The molecule has 0 aromatic heterocycles. The first kappa shape index (κ1) is 19.9. The molecule has 1 fully saturated rings. The van der Waals surface area contributed by atoms with Crippen molar-refractivity contribution in [1.82, 2.24) is 5.32 Å². The molecule has 0 saturated carbocycles. The number of ether oxygens (including phenoxy) is 1. The molecule has 4 rings (SSSR count). The van der Waals surface area contributed by atoms with Crippen molar-refractivity contribution < 1.29 is 19.2 Å². The van der Waals surface area contributed by atoms with E-state index in [2.05, 4.69) is 17.4 Å². The van der Waals surface area contributed by atoms with Crippen molar-refractivity contribution in [2.75, 3.05) is 5.75 Å². The Balaban J connectivity index is 0.000000271. The van der Waals surface area contributed by atoms with Crippen LogP contribution in [0.1, 0.15) is 29.5 Å². The highest BCUT2D eigenvalue weighted by molar-refractivity contribution is 8.14. The van der Waals surface area contributed by atoms with Gasteiger partial charge in [0.15, 0.2) is 0 Å². The summed E-state index contributed by atoms with van der Waals surface area (Å²) in [4.78, 5) is 30.5. The predicted molar refractivity (Wildman–Crippen MR) is 107 cm³/mol. The maximum absolute atomic E-state index is 10.7. The van der Waals surface area contributed by atoms with Gasteiger partial charge in [0.05, 0.1) is 10.7 Å². The summed E-state index contributed by atoms with van der Waals surface area (Å²) in [6.07, 6.45) is 4.74. The number of benzene rings is 2. The van der Waals surface area contributed by atoms with Gasteiger partial charge in [0.2, 0.25) is 5.91 Å². The number of thioether (sulfide) groups is 1. The zero-order chi connectivity index (χ0) is 20.1. The fourth-order valence-corrected chi connectivity index (χ4v) is 3.60. The van der Waals surface area contributed by atoms with E-state index in [1.54, 1.807) is 6.07 Å². The molecular weight excluding hydrogens is 380 g/mol. The summed E-state index contributed by atoms with van der Waals surface area (Å²) in [5.41, 5.74) is 3.62. The third-order valence-corrected chi connectivity index (χ3v) is 5.26. The number of hydrogen-bond acceptors (Lipinski definition) is 6. The Morgan fingerprint density at radius 1 is 1.07 bits per heavy atom. The maximum atomic E-state index is 10.7. The van der Waals surface area contributed by atoms with E-state index in [0.29, 0.717) is 11.5 Å². The molecule has 1 aliphatic carbocycles. The second kappa shape index (κ2) is 8.88. The Hall–Kier alpha value is -2.87. The van der Waals surface area contributed by atoms with Crippen LogP contribution in [-0.4, -0.2) is 21.8 Å². The zero-order valence-electron chi connectivity index (χ0n) is 15.4. The fourth-order valence-electron chi connectivity index (χ4n) is 3.08. The van der Waals surface area contributed by atoms with Gasteiger partial charge in [0.25, 0.3) is 10.9 Å². The van der Waals surface area contributed by atoms with Crippen LogP contribution in [0.15, 0.2) is 36.4 Å². The minimum Gasteiger partial charge on any atom is -0.457 e. The molecule has 2 aromatic carbocycles. The second-order valence-electron chi connectivity index (χ2n) is 6.57. The average Bonchev–Trinajstić information content (AvgIpc) is 3.06. The van der Waals surface area contributed by atoms with Crippen LogP contribution in [0.25, 0.3) is 0 Å². The lowest BCUT2D eigenvalue weighted by molar-refractivity contribution is -0.384. The Labute approximate surface area is 166 Å². The van der Waals surface area contributed by atoms with E-state index in [0.717, 1.165) is 35.9 Å². The van der Waals surface area contributed by atoms with Crippen molar-refractivity contribution in [3.05, 3.63) is 63.2 Å². The number of nitro benzene ring substituents is 1. The van der Waals surface area contributed by atoms with E-state index < -0.39 is 4.92 Å². The lowest BCUT2D eigenvalue weighted by Crippen LogP contribution is -2.18. The number of fused-ring (bicyclic) bond motifs is 1. The lowest BCUT2D eigenvalue weighted by Gasteiger charge is -2.17. The molecule has 28 heavy (non-hydrogen) atoms. The molecule has 1 aliphatic heterocycles. The highest BCUT2D eigenvalue weighted by atomic mass is 32.2. The summed E-state index contributed by atoms with van der Waals surface area (Å²) in [6, 6.07) is 10.9. The molecular formula is C20H20N2O5S. The molecule has 2 aromatic rings. The van der Waals surface area contributed by atoms with Gasteiger partial charge in [0, 0.05) is 12.1 Å². The van der Waals surface area contributed by atoms with Crippen LogP contribution in [0.2, 0.25) is 0 Å². The van der Waals surface area contributed by atoms with Crippen molar-refractivity contribution in [1.29, 1.82) is 0 Å². The number of aryl methyl sites for hydroxylation is 3. The molecule has 1 heterocycles. The number of imide groups is 1. The molecule has 0 bridgehead atoms. The van der Waals surface area contributed by atoms with E-state index in [1.165, 1.54) is 36.1 Å². The summed E-state index contributed by atoms with van der Waals surface area (Å²) in [5, 5.41) is 12.6. The number of nitro groups is 1. The molecule has 8 heteroatoms. The van der Waals surface area contributed by atoms with Crippen LogP contribution < -0.4 is 10.1 Å². The van der Waals surface area contributed by atoms with Gasteiger partial charge in [-0.25, -0.2) is 0 Å². The van der Waals surface area contributed by atoms with Crippen LogP contribution in [0.4, 0.5) is 10.5 Å². The number of non-ortho nitro benzene ring substituents is 1. The molecule has 0 radical (unpaired) electrons. The molecule has 1 saturated heterocycles. The molecule has 7 nitrogen and oxygen atoms in total. The van der Waals surface area contributed by atoms with Crippen molar-refractivity contribution in [2.24, 2.45) is 0 Å². The minimum absolute atomic E-state index is 0.0882. The molecule has 0 spiro atoms. The fraction of sp³-hybridized carbons (Fsp3) is 0.300. The average molecular weight is 400 g/mol. The highest BCUT2D eigenvalue weighted by Crippen LogP contribution is 2.31. The minimum atomic E-state index is -0.393. The van der Waals surface area contributed by atoms with Gasteiger partial charge in [-0.15, -0.1) is 0 Å². The third kappa shape index (κ3) is 5.10. The van der Waals surface area contributed by atoms with Gasteiger partial charge in [-0.05, 0) is 67.5 Å². The summed E-state index contributed by atoms with van der Waals surface area (Å²) >= 11 is 1.01. The highest BCUT2D eigenvalue weighted by Gasteiger charge is 2.16. The maximum Gasteiger partial charge on any atom is 0.286 e. The van der Waals surface area contributed by atoms with Gasteiger partial charge >= 0.3 is 0 Å². The molecule has 146 valence electrons. The monoisotopic (exact) mass is 400 g/mol. The first-order valence-corrected chi connectivity index (χ1v) is 9.92. The lowest BCUT2D eigenvalue weighted by atomic mass is 9.92. The molecule has 0 atom stereocenters. The quantitative estimate of drug-likeness (QED) is 0.600. The van der Waals surface area contributed by atoms with Crippen molar-refractivity contribution in [3.63, 3.8) is 0 Å². The van der Waals surface area contributed by atoms with Crippen molar-refractivity contribution in [2.45, 2.75) is 32.6 Å². The Morgan fingerprint density at radius 2 is 1.82 bits per heavy atom. The number of nitrogens with one attached hydrogen (secondary N) is 1. The number of hydrogen-bond donors (Lipinski definition) is 1. The third-order valence-electron chi connectivity index (χ3n) is 4.49. The second-order valence-corrected chi connectivity index (χ2v) is 7.52. The smallest absolute Gasteiger partial charge is 0.286 e. The Bertz CT molecular complexity index is 915. The largest absolute Gasteiger partial charge is 0.457 e. The van der Waals surface area contributed by atoms with Gasteiger partial charge < -0.3 is 4.74 Å². The van der Waals surface area contributed by atoms with Crippen molar-refractivity contribution >= 4 is 28.6 Å². The van der Waals surface area contributed by atoms with Gasteiger partial charge in [-0.3, -0.25) is 25.0 Å².